The number of hydrogen-bond donors (Lipinski definition) is 0. The Morgan fingerprint density at radius 2 is 1.24 bits per heavy atom. The third kappa shape index (κ3) is 1.83. The molecule has 3 aliphatic rings. The van der Waals surface area contributed by atoms with E-state index in [1.54, 1.807) is 0 Å². The van der Waals surface area contributed by atoms with E-state index in [2.05, 4.69) is 97.6 Å². The van der Waals surface area contributed by atoms with E-state index < -0.39 is 5.60 Å². The van der Waals surface area contributed by atoms with Crippen molar-refractivity contribution in [3.63, 3.8) is 0 Å². The number of rotatable bonds is 1. The smallest absolute Gasteiger partial charge is 0.147 e. The van der Waals surface area contributed by atoms with Gasteiger partial charge in [-0.25, -0.2) is 0 Å². The van der Waals surface area contributed by atoms with Crippen molar-refractivity contribution in [2.24, 2.45) is 0 Å². The zero-order valence-corrected chi connectivity index (χ0v) is 14.6. The maximum Gasteiger partial charge on any atom is 0.147 e. The van der Waals surface area contributed by atoms with Gasteiger partial charge in [0.25, 0.3) is 0 Å². The van der Waals surface area contributed by atoms with Gasteiger partial charge in [-0.15, -0.1) is 0 Å². The highest BCUT2D eigenvalue weighted by Crippen LogP contribution is 2.57. The topological polar surface area (TPSA) is 12.5 Å². The molecule has 124 valence electrons. The van der Waals surface area contributed by atoms with Crippen LogP contribution < -0.4 is 4.90 Å². The van der Waals surface area contributed by atoms with Crippen LogP contribution in [0.3, 0.4) is 0 Å². The van der Waals surface area contributed by atoms with Crippen LogP contribution >= 0.6 is 0 Å². The Labute approximate surface area is 148 Å². The highest BCUT2D eigenvalue weighted by molar-refractivity contribution is 5.81. The average molecular weight is 327 g/mol. The Morgan fingerprint density at radius 1 is 0.720 bits per heavy atom. The summed E-state index contributed by atoms with van der Waals surface area (Å²) in [6.45, 7) is 5.17. The number of benzene rings is 3. The lowest BCUT2D eigenvalue weighted by molar-refractivity contribution is 0.00286. The van der Waals surface area contributed by atoms with E-state index in [4.69, 9.17) is 4.74 Å². The largest absolute Gasteiger partial charge is 0.358 e. The molecule has 3 aromatic rings. The number of anilines is 2. The first-order valence-electron chi connectivity index (χ1n) is 8.83. The maximum atomic E-state index is 6.79. The zero-order valence-electron chi connectivity index (χ0n) is 14.6. The van der Waals surface area contributed by atoms with E-state index in [-0.39, 0.29) is 5.54 Å². The van der Waals surface area contributed by atoms with Gasteiger partial charge in [0.05, 0.1) is 12.1 Å². The molecule has 3 heterocycles. The summed E-state index contributed by atoms with van der Waals surface area (Å²) in [5.74, 6) is 0. The molecule has 2 heteroatoms. The number of hydrogen-bond acceptors (Lipinski definition) is 2. The normalized spacial score (nSPS) is 19.0. The van der Waals surface area contributed by atoms with Gasteiger partial charge in [-0.2, -0.15) is 0 Å². The fraction of sp³-hybridized carbons (Fsp3) is 0.217. The van der Waals surface area contributed by atoms with E-state index in [1.165, 1.54) is 28.1 Å². The Bertz CT molecular complexity index is 898. The summed E-state index contributed by atoms with van der Waals surface area (Å²) in [5, 5.41) is 0. The fourth-order valence-corrected chi connectivity index (χ4v) is 4.43. The van der Waals surface area contributed by atoms with E-state index in [1.807, 2.05) is 0 Å². The van der Waals surface area contributed by atoms with Crippen molar-refractivity contribution in [3.8, 4) is 0 Å². The van der Waals surface area contributed by atoms with E-state index >= 15 is 0 Å². The molecule has 0 saturated heterocycles. The van der Waals surface area contributed by atoms with Gasteiger partial charge in [0.2, 0.25) is 0 Å². The van der Waals surface area contributed by atoms with Crippen LogP contribution in [0.2, 0.25) is 0 Å². The monoisotopic (exact) mass is 327 g/mol. The maximum absolute atomic E-state index is 6.79. The van der Waals surface area contributed by atoms with Crippen LogP contribution in [0.5, 0.6) is 0 Å². The summed E-state index contributed by atoms with van der Waals surface area (Å²) in [7, 11) is 0. The molecule has 25 heavy (non-hydrogen) atoms. The van der Waals surface area contributed by atoms with Crippen molar-refractivity contribution in [2.45, 2.75) is 25.0 Å². The summed E-state index contributed by atoms with van der Waals surface area (Å²) >= 11 is 0. The molecule has 2 bridgehead atoms. The summed E-state index contributed by atoms with van der Waals surface area (Å²) in [4.78, 5) is 2.45. The van der Waals surface area contributed by atoms with Crippen LogP contribution in [0.15, 0.2) is 78.9 Å². The SMILES string of the molecule is CC1(C)COC2(c3ccccc3)c3ccccc3N1c1ccccc12. The highest BCUT2D eigenvalue weighted by atomic mass is 16.5. The van der Waals surface area contributed by atoms with Crippen LogP contribution in [-0.2, 0) is 10.3 Å². The van der Waals surface area contributed by atoms with Crippen molar-refractivity contribution in [3.05, 3.63) is 95.6 Å². The number of fused-ring (bicyclic) bond motifs is 2. The summed E-state index contributed by atoms with van der Waals surface area (Å²) in [5.41, 5.74) is 5.45. The zero-order chi connectivity index (χ0) is 17.1. The van der Waals surface area contributed by atoms with Crippen LogP contribution in [0.4, 0.5) is 11.4 Å². The van der Waals surface area contributed by atoms with Gasteiger partial charge in [0.15, 0.2) is 0 Å². The highest BCUT2D eigenvalue weighted by Gasteiger charge is 2.52. The van der Waals surface area contributed by atoms with E-state index in [0.29, 0.717) is 6.61 Å². The Kier molecular flexibility index (Phi) is 2.93. The van der Waals surface area contributed by atoms with Gasteiger partial charge in [0.1, 0.15) is 5.60 Å². The van der Waals surface area contributed by atoms with Crippen molar-refractivity contribution in [1.82, 2.24) is 0 Å². The predicted octanol–water partition coefficient (Wildman–Crippen LogP) is 5.24. The lowest BCUT2D eigenvalue weighted by Crippen LogP contribution is -2.43. The first kappa shape index (κ1) is 14.7. The van der Waals surface area contributed by atoms with E-state index in [9.17, 15) is 0 Å². The Morgan fingerprint density at radius 3 is 1.84 bits per heavy atom. The van der Waals surface area contributed by atoms with Crippen LogP contribution in [0, 0.1) is 0 Å². The molecule has 0 N–H and O–H groups in total. The summed E-state index contributed by atoms with van der Waals surface area (Å²) in [6, 6.07) is 28.0. The molecule has 0 saturated carbocycles. The molecule has 0 aromatic heterocycles. The minimum absolute atomic E-state index is 0.126. The van der Waals surface area contributed by atoms with Crippen molar-refractivity contribution >= 4 is 11.4 Å². The van der Waals surface area contributed by atoms with Crippen LogP contribution in [0.25, 0.3) is 0 Å². The van der Waals surface area contributed by atoms with Gasteiger partial charge < -0.3 is 9.64 Å². The second-order valence-corrected chi connectivity index (χ2v) is 7.52. The molecule has 0 amide bonds. The molecule has 0 fully saturated rings. The average Bonchev–Trinajstić information content (AvgIpc) is 2.82. The molecule has 0 radical (unpaired) electrons. The first-order valence-corrected chi connectivity index (χ1v) is 8.83. The second-order valence-electron chi connectivity index (χ2n) is 7.52. The molecular formula is C23H21NO. The number of ether oxygens (including phenoxy) is 1. The van der Waals surface area contributed by atoms with Crippen LogP contribution in [0.1, 0.15) is 30.5 Å². The Hall–Kier alpha value is -2.58. The quantitative estimate of drug-likeness (QED) is 0.606. The van der Waals surface area contributed by atoms with Crippen molar-refractivity contribution in [2.75, 3.05) is 11.5 Å². The number of para-hydroxylation sites is 2. The van der Waals surface area contributed by atoms with Gasteiger partial charge in [-0.1, -0.05) is 66.7 Å². The Balaban J connectivity index is 1.95. The van der Waals surface area contributed by atoms with Crippen molar-refractivity contribution < 1.29 is 4.74 Å². The molecule has 2 nitrogen and oxygen atoms in total. The second kappa shape index (κ2) is 4.96. The molecule has 6 rings (SSSR count). The van der Waals surface area contributed by atoms with Gasteiger partial charge in [-0.3, -0.25) is 0 Å². The summed E-state index contributed by atoms with van der Waals surface area (Å²) < 4.78 is 6.79. The lowest BCUT2D eigenvalue weighted by Gasteiger charge is -2.44. The molecule has 3 aromatic carbocycles. The van der Waals surface area contributed by atoms with Gasteiger partial charge >= 0.3 is 0 Å². The molecular weight excluding hydrogens is 306 g/mol. The molecule has 3 aliphatic heterocycles. The fourth-order valence-electron chi connectivity index (χ4n) is 4.43. The van der Waals surface area contributed by atoms with E-state index in [0.717, 1.165) is 0 Å². The number of nitrogens with zero attached hydrogens (tertiary/aromatic N) is 1. The molecule has 0 spiro atoms. The van der Waals surface area contributed by atoms with Gasteiger partial charge in [0, 0.05) is 22.5 Å². The standard InChI is InChI=1S/C23H21NO/c1-22(2)16-25-23(17-10-4-3-5-11-17)18-12-6-8-14-20(18)24(22)21-15-9-7-13-19(21)23/h3-15H,16H2,1-2H3. The minimum Gasteiger partial charge on any atom is -0.358 e. The first-order chi connectivity index (χ1) is 12.1. The molecule has 0 atom stereocenters. The predicted molar refractivity (Wildman–Crippen MR) is 101 cm³/mol. The van der Waals surface area contributed by atoms with Gasteiger partial charge in [-0.05, 0) is 31.5 Å². The third-order valence-corrected chi connectivity index (χ3v) is 5.48. The molecule has 0 unspecified atom stereocenters. The van der Waals surface area contributed by atoms with Crippen LogP contribution in [-0.4, -0.2) is 12.1 Å². The lowest BCUT2D eigenvalue weighted by atomic mass is 9.76. The third-order valence-electron chi connectivity index (χ3n) is 5.48. The minimum atomic E-state index is -0.557. The molecule has 0 aliphatic carbocycles. The van der Waals surface area contributed by atoms with Crippen molar-refractivity contribution in [1.29, 1.82) is 0 Å². The summed E-state index contributed by atoms with van der Waals surface area (Å²) in [6.07, 6.45) is 0.